The van der Waals surface area contributed by atoms with Crippen LogP contribution in [0.1, 0.15) is 30.6 Å². The van der Waals surface area contributed by atoms with Crippen LogP contribution in [0.25, 0.3) is 0 Å². The largest absolute Gasteiger partial charge is 0.311 e. The molecule has 0 fully saturated rings. The molecule has 3 aromatic rings. The standard InChI is InChI=1S/C23H23NO/c1-3-18(2)23(25)19-14-16-22(17-15-19)24(20-10-6-4-7-11-20)21-12-8-5-9-13-21/h4-18H,3H2,1-2H3. The fourth-order valence-electron chi connectivity index (χ4n) is 2.85. The van der Waals surface area contributed by atoms with Gasteiger partial charge in [-0.2, -0.15) is 0 Å². The second-order valence-electron chi connectivity index (χ2n) is 6.23. The lowest BCUT2D eigenvalue weighted by Gasteiger charge is -2.25. The molecule has 2 heteroatoms. The van der Waals surface area contributed by atoms with Crippen LogP contribution in [0.4, 0.5) is 17.1 Å². The lowest BCUT2D eigenvalue weighted by atomic mass is 9.97. The van der Waals surface area contributed by atoms with Crippen molar-refractivity contribution < 1.29 is 4.79 Å². The highest BCUT2D eigenvalue weighted by molar-refractivity contribution is 5.98. The number of Topliss-reactive ketones (excluding diaryl/α,β-unsaturated/α-hetero) is 1. The number of ketones is 1. The number of nitrogens with zero attached hydrogens (tertiary/aromatic N) is 1. The first-order valence-corrected chi connectivity index (χ1v) is 8.75. The summed E-state index contributed by atoms with van der Waals surface area (Å²) in [6, 6.07) is 28.4. The average molecular weight is 329 g/mol. The number of carbonyl (C=O) groups is 1. The predicted octanol–water partition coefficient (Wildman–Crippen LogP) is 6.39. The first-order chi connectivity index (χ1) is 12.2. The minimum Gasteiger partial charge on any atom is -0.311 e. The van der Waals surface area contributed by atoms with Crippen molar-refractivity contribution in [3.05, 3.63) is 90.5 Å². The smallest absolute Gasteiger partial charge is 0.165 e. The van der Waals surface area contributed by atoms with E-state index in [2.05, 4.69) is 29.2 Å². The molecule has 1 atom stereocenters. The van der Waals surface area contributed by atoms with Gasteiger partial charge in [0, 0.05) is 28.5 Å². The molecule has 1 unspecified atom stereocenters. The van der Waals surface area contributed by atoms with Crippen LogP contribution in [-0.4, -0.2) is 5.78 Å². The highest BCUT2D eigenvalue weighted by Crippen LogP contribution is 2.34. The molecule has 0 N–H and O–H groups in total. The van der Waals surface area contributed by atoms with E-state index in [4.69, 9.17) is 0 Å². The van der Waals surface area contributed by atoms with Crippen LogP contribution in [0, 0.1) is 5.92 Å². The summed E-state index contributed by atoms with van der Waals surface area (Å²) in [6.45, 7) is 4.03. The summed E-state index contributed by atoms with van der Waals surface area (Å²) < 4.78 is 0. The van der Waals surface area contributed by atoms with Crippen molar-refractivity contribution in [2.75, 3.05) is 4.90 Å². The fraction of sp³-hybridized carbons (Fsp3) is 0.174. The molecule has 0 amide bonds. The van der Waals surface area contributed by atoms with Gasteiger partial charge in [-0.05, 0) is 55.0 Å². The predicted molar refractivity (Wildman–Crippen MR) is 105 cm³/mol. The highest BCUT2D eigenvalue weighted by atomic mass is 16.1. The van der Waals surface area contributed by atoms with Crippen molar-refractivity contribution in [2.24, 2.45) is 5.92 Å². The Kier molecular flexibility index (Phi) is 5.30. The minimum absolute atomic E-state index is 0.0604. The molecule has 0 bridgehead atoms. The van der Waals surface area contributed by atoms with Gasteiger partial charge in [0.05, 0.1) is 0 Å². The van der Waals surface area contributed by atoms with Gasteiger partial charge in [-0.25, -0.2) is 0 Å². The SMILES string of the molecule is CCC(C)C(=O)c1ccc(N(c2ccccc2)c2ccccc2)cc1. The van der Waals surface area contributed by atoms with E-state index in [0.29, 0.717) is 0 Å². The zero-order valence-electron chi connectivity index (χ0n) is 14.7. The molecular weight excluding hydrogens is 306 g/mol. The van der Waals surface area contributed by atoms with E-state index < -0.39 is 0 Å². The lowest BCUT2D eigenvalue weighted by molar-refractivity contribution is 0.0927. The third-order valence-electron chi connectivity index (χ3n) is 4.50. The molecule has 2 nitrogen and oxygen atoms in total. The molecule has 0 aromatic heterocycles. The van der Waals surface area contributed by atoms with Gasteiger partial charge in [-0.1, -0.05) is 50.2 Å². The highest BCUT2D eigenvalue weighted by Gasteiger charge is 2.15. The average Bonchev–Trinajstić information content (AvgIpc) is 2.69. The molecule has 25 heavy (non-hydrogen) atoms. The van der Waals surface area contributed by atoms with Crippen LogP contribution in [0.15, 0.2) is 84.9 Å². The first kappa shape index (κ1) is 17.0. The van der Waals surface area contributed by atoms with Crippen molar-refractivity contribution in [1.29, 1.82) is 0 Å². The number of rotatable bonds is 6. The van der Waals surface area contributed by atoms with Crippen LogP contribution < -0.4 is 4.90 Å². The molecule has 0 heterocycles. The molecule has 0 aliphatic rings. The summed E-state index contributed by atoms with van der Waals surface area (Å²) in [5, 5.41) is 0. The maximum atomic E-state index is 12.4. The lowest BCUT2D eigenvalue weighted by Crippen LogP contribution is -2.12. The molecule has 0 saturated carbocycles. The Bertz CT molecular complexity index is 770. The van der Waals surface area contributed by atoms with Crippen molar-refractivity contribution >= 4 is 22.8 Å². The van der Waals surface area contributed by atoms with Gasteiger partial charge in [0.1, 0.15) is 0 Å². The van der Waals surface area contributed by atoms with Crippen LogP contribution in [0.5, 0.6) is 0 Å². The first-order valence-electron chi connectivity index (χ1n) is 8.75. The molecular formula is C23H23NO. The third-order valence-corrected chi connectivity index (χ3v) is 4.50. The van der Waals surface area contributed by atoms with E-state index in [-0.39, 0.29) is 11.7 Å². The molecule has 3 rings (SSSR count). The Hall–Kier alpha value is -2.87. The number of hydrogen-bond donors (Lipinski definition) is 0. The second kappa shape index (κ2) is 7.80. The van der Waals surface area contributed by atoms with Crippen LogP contribution in [-0.2, 0) is 0 Å². The summed E-state index contributed by atoms with van der Waals surface area (Å²) in [4.78, 5) is 14.6. The molecule has 126 valence electrons. The van der Waals surface area contributed by atoms with E-state index in [1.54, 1.807) is 0 Å². The van der Waals surface area contributed by atoms with E-state index in [1.165, 1.54) is 0 Å². The monoisotopic (exact) mass is 329 g/mol. The molecule has 0 spiro atoms. The van der Waals surface area contributed by atoms with Crippen molar-refractivity contribution in [2.45, 2.75) is 20.3 Å². The van der Waals surface area contributed by atoms with E-state index in [0.717, 1.165) is 29.0 Å². The van der Waals surface area contributed by atoms with Crippen LogP contribution in [0.2, 0.25) is 0 Å². The molecule has 0 saturated heterocycles. The fourth-order valence-corrected chi connectivity index (χ4v) is 2.85. The summed E-state index contributed by atoms with van der Waals surface area (Å²) in [6.07, 6.45) is 0.862. The van der Waals surface area contributed by atoms with Gasteiger partial charge >= 0.3 is 0 Å². The third kappa shape index (κ3) is 3.80. The number of anilines is 3. The van der Waals surface area contributed by atoms with E-state index in [1.807, 2.05) is 74.5 Å². The number of benzene rings is 3. The van der Waals surface area contributed by atoms with Gasteiger partial charge in [0.15, 0.2) is 5.78 Å². The van der Waals surface area contributed by atoms with Gasteiger partial charge < -0.3 is 4.90 Å². The summed E-state index contributed by atoms with van der Waals surface area (Å²) >= 11 is 0. The molecule has 0 aliphatic heterocycles. The Labute approximate surface area is 149 Å². The van der Waals surface area contributed by atoms with Crippen molar-refractivity contribution in [1.82, 2.24) is 0 Å². The molecule has 0 radical (unpaired) electrons. The Morgan fingerprint density at radius 2 is 1.20 bits per heavy atom. The number of hydrogen-bond acceptors (Lipinski definition) is 2. The zero-order valence-corrected chi connectivity index (χ0v) is 14.7. The zero-order chi connectivity index (χ0) is 17.6. The van der Waals surface area contributed by atoms with Gasteiger partial charge in [0.2, 0.25) is 0 Å². The normalized spacial score (nSPS) is 11.8. The summed E-state index contributed by atoms with van der Waals surface area (Å²) in [5.74, 6) is 0.269. The second-order valence-corrected chi connectivity index (χ2v) is 6.23. The van der Waals surface area contributed by atoms with Crippen LogP contribution in [0.3, 0.4) is 0 Å². The summed E-state index contributed by atoms with van der Waals surface area (Å²) in [5.41, 5.74) is 4.00. The Morgan fingerprint density at radius 1 is 0.760 bits per heavy atom. The van der Waals surface area contributed by atoms with Crippen molar-refractivity contribution in [3.63, 3.8) is 0 Å². The van der Waals surface area contributed by atoms with Crippen molar-refractivity contribution in [3.8, 4) is 0 Å². The topological polar surface area (TPSA) is 20.3 Å². The number of para-hydroxylation sites is 2. The van der Waals surface area contributed by atoms with Gasteiger partial charge in [-0.3, -0.25) is 4.79 Å². The van der Waals surface area contributed by atoms with Gasteiger partial charge in [0.25, 0.3) is 0 Å². The van der Waals surface area contributed by atoms with E-state index in [9.17, 15) is 4.79 Å². The Morgan fingerprint density at radius 3 is 1.64 bits per heavy atom. The van der Waals surface area contributed by atoms with Crippen LogP contribution >= 0.6 is 0 Å². The summed E-state index contributed by atoms with van der Waals surface area (Å²) in [7, 11) is 0. The van der Waals surface area contributed by atoms with E-state index >= 15 is 0 Å². The number of carbonyl (C=O) groups excluding carboxylic acids is 1. The molecule has 3 aromatic carbocycles. The minimum atomic E-state index is 0.0604. The van der Waals surface area contributed by atoms with Gasteiger partial charge in [-0.15, -0.1) is 0 Å². The maximum absolute atomic E-state index is 12.4. The maximum Gasteiger partial charge on any atom is 0.165 e. The Balaban J connectivity index is 1.99. The quantitative estimate of drug-likeness (QED) is 0.489. The molecule has 0 aliphatic carbocycles.